The van der Waals surface area contributed by atoms with Gasteiger partial charge in [0.1, 0.15) is 6.54 Å². The first-order chi connectivity index (χ1) is 16.4. The van der Waals surface area contributed by atoms with Gasteiger partial charge in [-0.05, 0) is 18.2 Å². The lowest BCUT2D eigenvalue weighted by atomic mass is 10.1. The third-order valence-corrected chi connectivity index (χ3v) is 5.41. The van der Waals surface area contributed by atoms with E-state index in [2.05, 4.69) is 36.0 Å². The molecule has 0 radical (unpaired) electrons. The fraction of sp³-hybridized carbons (Fsp3) is 0.333. The van der Waals surface area contributed by atoms with E-state index in [4.69, 9.17) is 4.52 Å². The van der Waals surface area contributed by atoms with Crippen molar-refractivity contribution in [2.45, 2.75) is 31.9 Å². The third-order valence-electron chi connectivity index (χ3n) is 5.41. The fourth-order valence-corrected chi connectivity index (χ4v) is 3.86. The van der Waals surface area contributed by atoms with Crippen LogP contribution in [0.25, 0.3) is 22.4 Å². The average Bonchev–Trinajstić information content (AvgIpc) is 3.54. The Bertz CT molecular complexity index is 1310. The number of hydrogen-bond acceptors (Lipinski definition) is 7. The summed E-state index contributed by atoms with van der Waals surface area (Å²) in [7, 11) is 0. The van der Waals surface area contributed by atoms with Gasteiger partial charge in [0, 0.05) is 31.1 Å². The van der Waals surface area contributed by atoms with Gasteiger partial charge < -0.3 is 19.7 Å². The molecule has 3 aromatic heterocycles. The number of hydrogen-bond donors (Lipinski definition) is 3. The molecule has 1 atom stereocenters. The van der Waals surface area contributed by atoms with Gasteiger partial charge in [0.05, 0.1) is 41.0 Å². The maximum absolute atomic E-state index is 14.3. The van der Waals surface area contributed by atoms with Crippen LogP contribution in [0.15, 0.2) is 46.2 Å². The van der Waals surface area contributed by atoms with Crippen molar-refractivity contribution in [2.75, 3.05) is 18.4 Å². The van der Waals surface area contributed by atoms with Gasteiger partial charge in [0.2, 0.25) is 11.7 Å². The summed E-state index contributed by atoms with van der Waals surface area (Å²) in [5.41, 5.74) is 1.87. The number of piperidine rings is 1. The van der Waals surface area contributed by atoms with Crippen LogP contribution in [0.5, 0.6) is 0 Å². The van der Waals surface area contributed by atoms with Gasteiger partial charge in [-0.1, -0.05) is 11.2 Å². The number of rotatable bonds is 6. The van der Waals surface area contributed by atoms with Crippen LogP contribution in [0, 0.1) is 0 Å². The molecular weight excluding hydrogens is 456 g/mol. The molecule has 0 spiro atoms. The highest BCUT2D eigenvalue weighted by Gasteiger charge is 2.31. The van der Waals surface area contributed by atoms with E-state index in [0.29, 0.717) is 41.0 Å². The molecular formula is C21H20F4N8O. The third kappa shape index (κ3) is 4.64. The second-order valence-electron chi connectivity index (χ2n) is 7.82. The highest BCUT2D eigenvalue weighted by atomic mass is 19.4. The number of nitrogens with one attached hydrogen (secondary N) is 3. The molecule has 9 nitrogen and oxygen atoms in total. The molecule has 1 aromatic carbocycles. The molecule has 1 aliphatic heterocycles. The summed E-state index contributed by atoms with van der Waals surface area (Å²) in [6, 6.07) is 6.35. The van der Waals surface area contributed by atoms with Crippen molar-refractivity contribution < 1.29 is 22.1 Å². The summed E-state index contributed by atoms with van der Waals surface area (Å²) in [5, 5.41) is 16.8. The lowest BCUT2D eigenvalue weighted by Gasteiger charge is -2.18. The fourth-order valence-electron chi connectivity index (χ4n) is 3.86. The van der Waals surface area contributed by atoms with Gasteiger partial charge in [-0.2, -0.15) is 23.3 Å². The maximum atomic E-state index is 14.3. The first-order valence-electron chi connectivity index (χ1n) is 10.5. The van der Waals surface area contributed by atoms with Crippen LogP contribution >= 0.6 is 0 Å². The van der Waals surface area contributed by atoms with Crippen LogP contribution in [0.3, 0.4) is 0 Å². The Morgan fingerprint density at radius 3 is 2.94 bits per heavy atom. The molecule has 1 fully saturated rings. The summed E-state index contributed by atoms with van der Waals surface area (Å²) < 4.78 is 61.0. The summed E-state index contributed by atoms with van der Waals surface area (Å²) in [5.74, 6) is 0.198. The maximum Gasteiger partial charge on any atom is 0.406 e. The number of anilines is 1. The Hall–Kier alpha value is -3.74. The van der Waals surface area contributed by atoms with Gasteiger partial charge in [0.15, 0.2) is 6.17 Å². The zero-order valence-corrected chi connectivity index (χ0v) is 17.7. The number of aliphatic imine (C=N–C) groups is 1. The minimum absolute atomic E-state index is 0.00767. The lowest BCUT2D eigenvalue weighted by Crippen LogP contribution is -2.38. The predicted molar refractivity (Wildman–Crippen MR) is 117 cm³/mol. The summed E-state index contributed by atoms with van der Waals surface area (Å²) >= 11 is 0. The van der Waals surface area contributed by atoms with Crippen molar-refractivity contribution in [3.8, 4) is 11.5 Å². The second-order valence-corrected chi connectivity index (χ2v) is 7.82. The van der Waals surface area contributed by atoms with E-state index in [-0.39, 0.29) is 30.5 Å². The van der Waals surface area contributed by atoms with E-state index in [1.165, 1.54) is 6.07 Å². The standard InChI is InChI=1S/C21H20F4N8O/c22-14-9-26-5-4-16(14)30-15-2-1-3-17-13(15)6-18(33(17)11-21(23,24)25)20-31-19(34-32-20)10-27-12-7-28-29-8-12/h1-3,6-8,14,26-27H,4-5,9-11H2,(H,28,29)/t14-/m0/s1. The largest absolute Gasteiger partial charge is 0.406 e. The van der Waals surface area contributed by atoms with Gasteiger partial charge in [-0.3, -0.25) is 10.1 Å². The van der Waals surface area contributed by atoms with Gasteiger partial charge in [-0.15, -0.1) is 0 Å². The molecule has 178 valence electrons. The molecule has 0 aliphatic carbocycles. The van der Waals surface area contributed by atoms with Crippen LogP contribution in [0.1, 0.15) is 12.3 Å². The lowest BCUT2D eigenvalue weighted by molar-refractivity contribution is -0.139. The minimum atomic E-state index is -4.49. The van der Waals surface area contributed by atoms with E-state index in [1.807, 2.05) is 0 Å². The molecule has 34 heavy (non-hydrogen) atoms. The first kappa shape index (κ1) is 22.1. The van der Waals surface area contributed by atoms with Crippen molar-refractivity contribution in [1.29, 1.82) is 0 Å². The topological polar surface area (TPSA) is 109 Å². The number of benzene rings is 1. The van der Waals surface area contributed by atoms with Crippen LogP contribution < -0.4 is 10.6 Å². The average molecular weight is 476 g/mol. The van der Waals surface area contributed by atoms with E-state index < -0.39 is 18.9 Å². The molecule has 3 N–H and O–H groups in total. The molecule has 1 aliphatic rings. The quantitative estimate of drug-likeness (QED) is 0.363. The highest BCUT2D eigenvalue weighted by Crippen LogP contribution is 2.35. The van der Waals surface area contributed by atoms with Crippen LogP contribution in [0.4, 0.5) is 28.9 Å². The number of aromatic nitrogens is 5. The summed E-state index contributed by atoms with van der Waals surface area (Å²) in [6.07, 6.45) is -2.12. The number of halogens is 4. The molecule has 0 saturated carbocycles. The van der Waals surface area contributed by atoms with E-state index in [0.717, 1.165) is 4.57 Å². The Kier molecular flexibility index (Phi) is 5.77. The van der Waals surface area contributed by atoms with Crippen molar-refractivity contribution in [2.24, 2.45) is 4.99 Å². The molecule has 1 saturated heterocycles. The minimum Gasteiger partial charge on any atom is -0.374 e. The monoisotopic (exact) mass is 476 g/mol. The van der Waals surface area contributed by atoms with Crippen molar-refractivity contribution in [3.05, 3.63) is 42.5 Å². The molecule has 0 amide bonds. The van der Waals surface area contributed by atoms with E-state index in [1.54, 1.807) is 30.6 Å². The summed E-state index contributed by atoms with van der Waals surface area (Å²) in [6.45, 7) is -0.336. The first-order valence-corrected chi connectivity index (χ1v) is 10.5. The second kappa shape index (κ2) is 8.89. The van der Waals surface area contributed by atoms with Gasteiger partial charge in [0.25, 0.3) is 0 Å². The zero-order chi connectivity index (χ0) is 23.7. The molecule has 4 heterocycles. The normalized spacial score (nSPS) is 18.1. The number of alkyl halides is 4. The number of nitrogens with zero attached hydrogens (tertiary/aromatic N) is 5. The van der Waals surface area contributed by atoms with Crippen LogP contribution in [-0.4, -0.2) is 56.1 Å². The number of aromatic amines is 1. The number of fused-ring (bicyclic) bond motifs is 1. The van der Waals surface area contributed by atoms with Crippen molar-refractivity contribution >= 4 is 28.0 Å². The van der Waals surface area contributed by atoms with Crippen molar-refractivity contribution in [3.63, 3.8) is 0 Å². The van der Waals surface area contributed by atoms with Crippen LogP contribution in [0.2, 0.25) is 0 Å². The Morgan fingerprint density at radius 2 is 2.18 bits per heavy atom. The molecule has 13 heteroatoms. The smallest absolute Gasteiger partial charge is 0.374 e. The number of H-pyrrole nitrogens is 1. The van der Waals surface area contributed by atoms with E-state index >= 15 is 0 Å². The summed E-state index contributed by atoms with van der Waals surface area (Å²) in [4.78, 5) is 8.72. The van der Waals surface area contributed by atoms with Crippen molar-refractivity contribution in [1.82, 2.24) is 30.2 Å². The molecule has 0 unspecified atom stereocenters. The Balaban J connectivity index is 1.54. The molecule has 5 rings (SSSR count). The van der Waals surface area contributed by atoms with Gasteiger partial charge in [-0.25, -0.2) is 4.39 Å². The molecule has 0 bridgehead atoms. The van der Waals surface area contributed by atoms with Gasteiger partial charge >= 0.3 is 6.18 Å². The van der Waals surface area contributed by atoms with E-state index in [9.17, 15) is 17.6 Å². The molecule has 4 aromatic rings. The SMILES string of the molecule is F[C@H]1CNCCC1=Nc1cccc2c1cc(-c1noc(CNc3cn[nH]c3)n1)n2CC(F)(F)F. The zero-order valence-electron chi connectivity index (χ0n) is 17.7. The predicted octanol–water partition coefficient (Wildman–Crippen LogP) is 3.99. The Labute approximate surface area is 190 Å². The van der Waals surface area contributed by atoms with Crippen LogP contribution in [-0.2, 0) is 13.1 Å². The highest BCUT2D eigenvalue weighted by molar-refractivity contribution is 5.99. The Morgan fingerprint density at radius 1 is 1.29 bits per heavy atom.